The Morgan fingerprint density at radius 3 is 2.39 bits per heavy atom. The van der Waals surface area contributed by atoms with Gasteiger partial charge in [0.15, 0.2) is 6.10 Å². The van der Waals surface area contributed by atoms with Crippen LogP contribution in [-0.2, 0) is 9.53 Å². The van der Waals surface area contributed by atoms with Crippen molar-refractivity contribution in [1.82, 2.24) is 4.98 Å². The van der Waals surface area contributed by atoms with Gasteiger partial charge in [0, 0.05) is 6.07 Å². The molecule has 2 aromatic rings. The van der Waals surface area contributed by atoms with Gasteiger partial charge in [-0.15, -0.1) is 0 Å². The molecule has 0 saturated heterocycles. The maximum atomic E-state index is 11.3. The molecule has 0 amide bonds. The molecule has 1 unspecified atom stereocenters. The lowest BCUT2D eigenvalue weighted by atomic mass is 10.2. The summed E-state index contributed by atoms with van der Waals surface area (Å²) >= 11 is 0. The van der Waals surface area contributed by atoms with Crippen LogP contribution in [-0.4, -0.2) is 24.2 Å². The van der Waals surface area contributed by atoms with Gasteiger partial charge in [0.25, 0.3) is 0 Å². The van der Waals surface area contributed by atoms with Crippen LogP contribution in [0.25, 0.3) is 0 Å². The molecule has 0 fully saturated rings. The van der Waals surface area contributed by atoms with Crippen LogP contribution in [0.2, 0.25) is 0 Å². The van der Waals surface area contributed by atoms with E-state index in [4.69, 9.17) is 14.7 Å². The highest BCUT2D eigenvalue weighted by Crippen LogP contribution is 2.24. The molecule has 0 spiro atoms. The average molecular weight is 312 g/mol. The van der Waals surface area contributed by atoms with E-state index in [9.17, 15) is 4.79 Å². The maximum absolute atomic E-state index is 11.3. The fraction of sp³-hybridized carbons (Fsp3) is 0.235. The average Bonchev–Trinajstić information content (AvgIpc) is 2.56. The van der Waals surface area contributed by atoms with Crippen molar-refractivity contribution in [2.24, 2.45) is 0 Å². The largest absolute Gasteiger partial charge is 0.479 e. The summed E-state index contributed by atoms with van der Waals surface area (Å²) in [5, 5.41) is 8.88. The van der Waals surface area contributed by atoms with Crippen molar-refractivity contribution >= 4 is 5.97 Å². The summed E-state index contributed by atoms with van der Waals surface area (Å²) in [6.07, 6.45) is -0.686. The summed E-state index contributed by atoms with van der Waals surface area (Å²) in [5.41, 5.74) is 1.12. The first-order valence-corrected chi connectivity index (χ1v) is 6.93. The summed E-state index contributed by atoms with van der Waals surface area (Å²) in [7, 11) is 1.31. The van der Waals surface area contributed by atoms with Gasteiger partial charge in [0.05, 0.1) is 18.4 Å². The second-order valence-electron chi connectivity index (χ2n) is 4.75. The van der Waals surface area contributed by atoms with Crippen molar-refractivity contribution in [1.29, 1.82) is 5.26 Å². The zero-order chi connectivity index (χ0) is 16.8. The number of pyridine rings is 1. The van der Waals surface area contributed by atoms with Crippen molar-refractivity contribution in [2.45, 2.75) is 20.0 Å². The van der Waals surface area contributed by atoms with Crippen molar-refractivity contribution < 1.29 is 19.0 Å². The maximum Gasteiger partial charge on any atom is 0.346 e. The first-order valence-electron chi connectivity index (χ1n) is 6.93. The van der Waals surface area contributed by atoms with E-state index in [-0.39, 0.29) is 0 Å². The van der Waals surface area contributed by atoms with Crippen LogP contribution in [0.1, 0.15) is 18.2 Å². The SMILES string of the molecule is COC(=O)C(C)Oc1ccc(Oc2ccc(C#N)c(C)n2)cc1. The zero-order valence-electron chi connectivity index (χ0n) is 13.1. The highest BCUT2D eigenvalue weighted by Gasteiger charge is 2.14. The number of carbonyl (C=O) groups excluding carboxylic acids is 1. The molecular weight excluding hydrogens is 296 g/mol. The van der Waals surface area contributed by atoms with Gasteiger partial charge in [-0.1, -0.05) is 0 Å². The number of methoxy groups -OCH3 is 1. The number of carbonyl (C=O) groups is 1. The van der Waals surface area contributed by atoms with E-state index in [1.54, 1.807) is 50.2 Å². The number of nitriles is 1. The third-order valence-electron chi connectivity index (χ3n) is 3.07. The van der Waals surface area contributed by atoms with Crippen LogP contribution in [0.15, 0.2) is 36.4 Å². The third-order valence-corrected chi connectivity index (χ3v) is 3.07. The molecule has 6 heteroatoms. The Labute approximate surface area is 134 Å². The monoisotopic (exact) mass is 312 g/mol. The molecule has 1 aromatic heterocycles. The van der Waals surface area contributed by atoms with Gasteiger partial charge in [-0.3, -0.25) is 0 Å². The predicted molar refractivity (Wildman–Crippen MR) is 82.3 cm³/mol. The van der Waals surface area contributed by atoms with Gasteiger partial charge in [-0.25, -0.2) is 9.78 Å². The van der Waals surface area contributed by atoms with Gasteiger partial charge in [-0.2, -0.15) is 5.26 Å². The van der Waals surface area contributed by atoms with Gasteiger partial charge in [0.2, 0.25) is 5.88 Å². The normalized spacial score (nSPS) is 11.2. The smallest absolute Gasteiger partial charge is 0.346 e. The molecule has 0 N–H and O–H groups in total. The molecular formula is C17H16N2O4. The molecule has 0 radical (unpaired) electrons. The molecule has 118 valence electrons. The topological polar surface area (TPSA) is 81.4 Å². The predicted octanol–water partition coefficient (Wildman–Crippen LogP) is 2.99. The van der Waals surface area contributed by atoms with Crippen molar-refractivity contribution in [3.8, 4) is 23.4 Å². The van der Waals surface area contributed by atoms with Crippen LogP contribution in [0, 0.1) is 18.3 Å². The van der Waals surface area contributed by atoms with Crippen LogP contribution in [0.5, 0.6) is 17.4 Å². The van der Waals surface area contributed by atoms with E-state index in [1.165, 1.54) is 7.11 Å². The van der Waals surface area contributed by atoms with Crippen molar-refractivity contribution in [3.63, 3.8) is 0 Å². The van der Waals surface area contributed by atoms with E-state index < -0.39 is 12.1 Å². The summed E-state index contributed by atoms with van der Waals surface area (Å²) in [6.45, 7) is 3.36. The second kappa shape index (κ2) is 7.27. The fourth-order valence-electron chi connectivity index (χ4n) is 1.84. The van der Waals surface area contributed by atoms with E-state index in [0.29, 0.717) is 28.6 Å². The number of rotatable bonds is 5. The summed E-state index contributed by atoms with van der Waals surface area (Å²) < 4.78 is 15.7. The lowest BCUT2D eigenvalue weighted by Crippen LogP contribution is -2.24. The number of aryl methyl sites for hydroxylation is 1. The lowest BCUT2D eigenvalue weighted by molar-refractivity contribution is -0.147. The minimum Gasteiger partial charge on any atom is -0.479 e. The molecule has 0 aliphatic carbocycles. The number of aromatic nitrogens is 1. The van der Waals surface area contributed by atoms with Crippen LogP contribution in [0.4, 0.5) is 0 Å². The highest BCUT2D eigenvalue weighted by molar-refractivity contribution is 5.74. The van der Waals surface area contributed by atoms with Crippen molar-refractivity contribution in [3.05, 3.63) is 47.7 Å². The summed E-state index contributed by atoms with van der Waals surface area (Å²) in [4.78, 5) is 15.5. The lowest BCUT2D eigenvalue weighted by Gasteiger charge is -2.12. The Hall–Kier alpha value is -3.07. The number of nitrogens with zero attached hydrogens (tertiary/aromatic N) is 2. The standard InChI is InChI=1S/C17H16N2O4/c1-11-13(10-18)4-9-16(19-11)23-15-7-5-14(6-8-15)22-12(2)17(20)21-3/h4-9,12H,1-3H3. The molecule has 1 aromatic carbocycles. The van der Waals surface area contributed by atoms with Gasteiger partial charge >= 0.3 is 5.97 Å². The van der Waals surface area contributed by atoms with E-state index in [0.717, 1.165) is 0 Å². The second-order valence-corrected chi connectivity index (χ2v) is 4.75. The number of esters is 1. The van der Waals surface area contributed by atoms with Crippen LogP contribution in [0.3, 0.4) is 0 Å². The molecule has 0 saturated carbocycles. The Bertz CT molecular complexity index is 735. The Kier molecular flexibility index (Phi) is 5.15. The molecule has 0 bridgehead atoms. The Morgan fingerprint density at radius 1 is 1.17 bits per heavy atom. The number of ether oxygens (including phenoxy) is 3. The summed E-state index contributed by atoms with van der Waals surface area (Å²) in [5.74, 6) is 1.06. The van der Waals surface area contributed by atoms with Gasteiger partial charge in [-0.05, 0) is 44.2 Å². The van der Waals surface area contributed by atoms with Gasteiger partial charge < -0.3 is 14.2 Å². The summed E-state index contributed by atoms with van der Waals surface area (Å²) in [6, 6.07) is 12.1. The molecule has 1 atom stereocenters. The third kappa shape index (κ3) is 4.20. The van der Waals surface area contributed by atoms with E-state index >= 15 is 0 Å². The Balaban J connectivity index is 2.04. The first-order chi connectivity index (χ1) is 11.0. The quantitative estimate of drug-likeness (QED) is 0.789. The van der Waals surface area contributed by atoms with Crippen molar-refractivity contribution in [2.75, 3.05) is 7.11 Å². The van der Waals surface area contributed by atoms with Crippen LogP contribution < -0.4 is 9.47 Å². The van der Waals surface area contributed by atoms with Gasteiger partial charge in [0.1, 0.15) is 17.6 Å². The molecule has 1 heterocycles. The fourth-order valence-corrected chi connectivity index (χ4v) is 1.84. The molecule has 6 nitrogen and oxygen atoms in total. The molecule has 23 heavy (non-hydrogen) atoms. The first kappa shape index (κ1) is 16.3. The Morgan fingerprint density at radius 2 is 1.83 bits per heavy atom. The van der Waals surface area contributed by atoms with Crippen LogP contribution >= 0.6 is 0 Å². The number of hydrogen-bond acceptors (Lipinski definition) is 6. The van der Waals surface area contributed by atoms with E-state index in [1.807, 2.05) is 0 Å². The number of hydrogen-bond donors (Lipinski definition) is 0. The minimum atomic E-state index is -0.686. The molecule has 2 rings (SSSR count). The zero-order valence-corrected chi connectivity index (χ0v) is 13.1. The molecule has 0 aliphatic rings. The molecule has 0 aliphatic heterocycles. The number of benzene rings is 1. The van der Waals surface area contributed by atoms with E-state index in [2.05, 4.69) is 15.8 Å². The minimum absolute atomic E-state index is 0.401. The highest BCUT2D eigenvalue weighted by atomic mass is 16.6.